The quantitative estimate of drug-likeness (QED) is 0.524. The van der Waals surface area contributed by atoms with E-state index in [1.165, 1.54) is 22.9 Å². The van der Waals surface area contributed by atoms with Crippen LogP contribution in [0.4, 0.5) is 11.4 Å². The zero-order valence-corrected chi connectivity index (χ0v) is 11.9. The first-order valence-electron chi connectivity index (χ1n) is 6.16. The molecular formula is C14H12N4O4. The predicted octanol–water partition coefficient (Wildman–Crippen LogP) is 1.93. The number of aryl methyl sites for hydroxylation is 1. The number of nitro groups is 1. The highest BCUT2D eigenvalue weighted by molar-refractivity contribution is 5.96. The second-order valence-corrected chi connectivity index (χ2v) is 4.48. The first kappa shape index (κ1) is 15.1. The van der Waals surface area contributed by atoms with Crippen LogP contribution in [0.5, 0.6) is 0 Å². The van der Waals surface area contributed by atoms with Crippen LogP contribution in [0.15, 0.2) is 24.4 Å². The maximum Gasteiger partial charge on any atom is 0.357 e. The van der Waals surface area contributed by atoms with Crippen LogP contribution in [-0.2, 0) is 4.74 Å². The van der Waals surface area contributed by atoms with Crippen LogP contribution in [0.1, 0.15) is 21.6 Å². The van der Waals surface area contributed by atoms with E-state index in [1.807, 2.05) is 6.07 Å². The molecule has 8 nitrogen and oxygen atoms in total. The Balaban J connectivity index is 2.88. The molecule has 0 bridgehead atoms. The van der Waals surface area contributed by atoms with Gasteiger partial charge in [-0.15, -0.1) is 0 Å². The van der Waals surface area contributed by atoms with Crippen LogP contribution < -0.4 is 5.73 Å². The van der Waals surface area contributed by atoms with Gasteiger partial charge in [-0.25, -0.2) is 4.79 Å². The number of nitriles is 1. The van der Waals surface area contributed by atoms with Crippen LogP contribution in [-0.4, -0.2) is 22.6 Å². The van der Waals surface area contributed by atoms with Crippen molar-refractivity contribution in [2.45, 2.75) is 6.92 Å². The number of rotatable bonds is 3. The number of esters is 1. The summed E-state index contributed by atoms with van der Waals surface area (Å²) in [5.74, 6) is -0.781. The molecule has 0 saturated carbocycles. The van der Waals surface area contributed by atoms with Crippen molar-refractivity contribution in [3.8, 4) is 11.8 Å². The van der Waals surface area contributed by atoms with E-state index in [0.717, 1.165) is 7.11 Å². The Morgan fingerprint density at radius 2 is 2.18 bits per heavy atom. The van der Waals surface area contributed by atoms with Crippen molar-refractivity contribution in [1.29, 1.82) is 5.26 Å². The smallest absolute Gasteiger partial charge is 0.357 e. The zero-order valence-electron chi connectivity index (χ0n) is 11.9. The molecule has 0 atom stereocenters. The summed E-state index contributed by atoms with van der Waals surface area (Å²) >= 11 is 0. The second-order valence-electron chi connectivity index (χ2n) is 4.48. The maximum atomic E-state index is 11.9. The van der Waals surface area contributed by atoms with Gasteiger partial charge in [0.25, 0.3) is 5.69 Å². The molecule has 8 heteroatoms. The summed E-state index contributed by atoms with van der Waals surface area (Å²) in [6, 6.07) is 6.35. The van der Waals surface area contributed by atoms with E-state index in [9.17, 15) is 14.9 Å². The fourth-order valence-corrected chi connectivity index (χ4v) is 2.20. The molecule has 0 aliphatic carbocycles. The van der Waals surface area contributed by atoms with Crippen molar-refractivity contribution < 1.29 is 14.5 Å². The fourth-order valence-electron chi connectivity index (χ4n) is 2.20. The van der Waals surface area contributed by atoms with Crippen LogP contribution >= 0.6 is 0 Å². The number of ether oxygens (including phenoxy) is 1. The third-order valence-corrected chi connectivity index (χ3v) is 3.20. The molecule has 0 aliphatic heterocycles. The van der Waals surface area contributed by atoms with Crippen LogP contribution in [0.2, 0.25) is 0 Å². The van der Waals surface area contributed by atoms with Crippen molar-refractivity contribution in [2.24, 2.45) is 0 Å². The number of nitrogens with zero attached hydrogens (tertiary/aromatic N) is 3. The first-order valence-corrected chi connectivity index (χ1v) is 6.16. The molecule has 1 heterocycles. The molecule has 112 valence electrons. The van der Waals surface area contributed by atoms with Gasteiger partial charge in [-0.05, 0) is 12.5 Å². The maximum absolute atomic E-state index is 11.9. The van der Waals surface area contributed by atoms with Crippen LogP contribution in [0.25, 0.3) is 5.69 Å². The third-order valence-electron chi connectivity index (χ3n) is 3.20. The monoisotopic (exact) mass is 300 g/mol. The van der Waals surface area contributed by atoms with Crippen molar-refractivity contribution >= 4 is 17.3 Å². The molecule has 0 saturated heterocycles. The molecule has 0 amide bonds. The predicted molar refractivity (Wildman–Crippen MR) is 77.6 cm³/mol. The number of nitro benzene ring substituents is 1. The summed E-state index contributed by atoms with van der Waals surface area (Å²) in [6.45, 7) is 1.66. The van der Waals surface area contributed by atoms with Crippen LogP contribution in [0, 0.1) is 28.4 Å². The molecule has 0 aliphatic rings. The molecule has 22 heavy (non-hydrogen) atoms. The van der Waals surface area contributed by atoms with Gasteiger partial charge in [-0.2, -0.15) is 5.26 Å². The van der Waals surface area contributed by atoms with E-state index in [0.29, 0.717) is 5.56 Å². The SMILES string of the molecule is COC(=O)c1c(N)c(C#N)cn1-c1c(C)cccc1[N+](=O)[O-]. The standard InChI is InChI=1S/C14H12N4O4/c1-8-4-3-5-10(18(20)21)12(8)17-7-9(6-15)11(16)13(17)14(19)22-2/h3-5,7H,16H2,1-2H3. The van der Waals surface area contributed by atoms with Crippen molar-refractivity contribution in [3.63, 3.8) is 0 Å². The minimum Gasteiger partial charge on any atom is -0.464 e. The van der Waals surface area contributed by atoms with Crippen molar-refractivity contribution in [2.75, 3.05) is 12.8 Å². The highest BCUT2D eigenvalue weighted by Crippen LogP contribution is 2.32. The Morgan fingerprint density at radius 1 is 1.50 bits per heavy atom. The number of hydrogen-bond donors (Lipinski definition) is 1. The summed E-state index contributed by atoms with van der Waals surface area (Å²) in [5.41, 5.74) is 6.16. The number of methoxy groups -OCH3 is 1. The number of carbonyl (C=O) groups is 1. The lowest BCUT2D eigenvalue weighted by molar-refractivity contribution is -0.384. The molecule has 2 rings (SSSR count). The summed E-state index contributed by atoms with van der Waals surface area (Å²) in [7, 11) is 1.16. The minimum absolute atomic E-state index is 0.0398. The van der Waals surface area contributed by atoms with Gasteiger partial charge in [-0.1, -0.05) is 12.1 Å². The van der Waals surface area contributed by atoms with Gasteiger partial charge in [-0.3, -0.25) is 10.1 Å². The minimum atomic E-state index is -0.781. The molecule has 0 radical (unpaired) electrons. The van der Waals surface area contributed by atoms with Gasteiger partial charge in [0.2, 0.25) is 0 Å². The topological polar surface area (TPSA) is 124 Å². The summed E-state index contributed by atoms with van der Waals surface area (Å²) in [4.78, 5) is 22.6. The van der Waals surface area contributed by atoms with E-state index in [1.54, 1.807) is 13.0 Å². The van der Waals surface area contributed by atoms with E-state index in [4.69, 9.17) is 11.0 Å². The highest BCUT2D eigenvalue weighted by atomic mass is 16.6. The Labute approximate surface area is 125 Å². The van der Waals surface area contributed by atoms with Crippen LogP contribution in [0.3, 0.4) is 0 Å². The average Bonchev–Trinajstić information content (AvgIpc) is 2.82. The fraction of sp³-hybridized carbons (Fsp3) is 0.143. The summed E-state index contributed by atoms with van der Waals surface area (Å²) < 4.78 is 5.89. The Bertz CT molecular complexity index is 817. The number of carbonyl (C=O) groups excluding carboxylic acids is 1. The number of benzene rings is 1. The molecule has 0 fully saturated rings. The lowest BCUT2D eigenvalue weighted by Gasteiger charge is -2.11. The summed E-state index contributed by atoms with van der Waals surface area (Å²) in [5, 5.41) is 20.3. The molecule has 2 aromatic rings. The number of aromatic nitrogens is 1. The number of nitrogens with two attached hydrogens (primary N) is 1. The molecule has 0 unspecified atom stereocenters. The van der Waals surface area contributed by atoms with Gasteiger partial charge < -0.3 is 15.0 Å². The zero-order chi connectivity index (χ0) is 16.4. The summed E-state index contributed by atoms with van der Waals surface area (Å²) in [6.07, 6.45) is 1.29. The Kier molecular flexibility index (Phi) is 3.81. The van der Waals surface area contributed by atoms with Gasteiger partial charge in [0.15, 0.2) is 5.69 Å². The Hall–Kier alpha value is -3.34. The lowest BCUT2D eigenvalue weighted by Crippen LogP contribution is -2.13. The molecule has 1 aromatic heterocycles. The molecule has 0 spiro atoms. The Morgan fingerprint density at radius 3 is 2.73 bits per heavy atom. The number of hydrogen-bond acceptors (Lipinski definition) is 6. The van der Waals surface area contributed by atoms with E-state index < -0.39 is 10.9 Å². The van der Waals surface area contributed by atoms with E-state index >= 15 is 0 Å². The average molecular weight is 300 g/mol. The number of nitrogen functional groups attached to an aromatic ring is 1. The number of para-hydroxylation sites is 1. The van der Waals surface area contributed by atoms with Gasteiger partial charge in [0, 0.05) is 12.3 Å². The molecule has 2 N–H and O–H groups in total. The van der Waals surface area contributed by atoms with Gasteiger partial charge in [0.1, 0.15) is 11.8 Å². The lowest BCUT2D eigenvalue weighted by atomic mass is 10.1. The largest absolute Gasteiger partial charge is 0.464 e. The normalized spacial score (nSPS) is 10.0. The van der Waals surface area contributed by atoms with Gasteiger partial charge >= 0.3 is 5.97 Å². The van der Waals surface area contributed by atoms with E-state index in [2.05, 4.69) is 4.74 Å². The van der Waals surface area contributed by atoms with Crippen molar-refractivity contribution in [1.82, 2.24) is 4.57 Å². The molecule has 1 aromatic carbocycles. The van der Waals surface area contributed by atoms with Gasteiger partial charge in [0.05, 0.1) is 23.3 Å². The van der Waals surface area contributed by atoms with E-state index in [-0.39, 0.29) is 28.3 Å². The van der Waals surface area contributed by atoms with Crippen molar-refractivity contribution in [3.05, 3.63) is 51.3 Å². The highest BCUT2D eigenvalue weighted by Gasteiger charge is 2.26. The second kappa shape index (κ2) is 5.57. The third kappa shape index (κ3) is 2.25. The number of anilines is 1. The molecular weight excluding hydrogens is 288 g/mol. The first-order chi connectivity index (χ1) is 10.4.